The summed E-state index contributed by atoms with van der Waals surface area (Å²) in [6, 6.07) is 103. The molecule has 4 aromatic heterocycles. The number of fused-ring (bicyclic) bond motifs is 2. The maximum absolute atomic E-state index is 14.3. The highest BCUT2D eigenvalue weighted by Gasteiger charge is 2.44. The minimum atomic E-state index is -1.00. The minimum absolute atomic E-state index is 0. The smallest absolute Gasteiger partial charge is 0.410 e. The van der Waals surface area contributed by atoms with E-state index in [0.717, 1.165) is 88.8 Å². The molecule has 16 rings (SSSR count). The number of carbonyl (C=O) groups excluding carboxylic acids is 3. The van der Waals surface area contributed by atoms with E-state index >= 15 is 0 Å². The Balaban J connectivity index is 0.000000175. The van der Waals surface area contributed by atoms with E-state index in [9.17, 15) is 28.7 Å². The highest BCUT2D eigenvalue weighted by atomic mass is 19.1. The summed E-state index contributed by atoms with van der Waals surface area (Å²) >= 11 is 0. The average Bonchev–Trinajstić information content (AvgIpc) is 1.64. The fraction of sp³-hybridized carbons (Fsp3) is 0.224. The molecular formula is C98H99FN10O7. The second-order valence-corrected chi connectivity index (χ2v) is 30.8. The molecule has 2 fully saturated rings. The lowest BCUT2D eigenvalue weighted by molar-refractivity contribution is -0.143. The molecule has 0 saturated carbocycles. The number of piperidine rings is 2. The van der Waals surface area contributed by atoms with Gasteiger partial charge in [-0.3, -0.25) is 23.9 Å². The maximum Gasteiger partial charge on any atom is 0.410 e. The van der Waals surface area contributed by atoms with E-state index in [0.29, 0.717) is 37.3 Å². The van der Waals surface area contributed by atoms with Gasteiger partial charge in [-0.25, -0.2) is 19.0 Å². The second-order valence-electron chi connectivity index (χ2n) is 30.8. The Bertz CT molecular complexity index is 5380. The molecule has 590 valence electrons. The number of hydrogen-bond donors (Lipinski definition) is 3. The summed E-state index contributed by atoms with van der Waals surface area (Å²) in [7, 11) is -1.00. The first-order valence-corrected chi connectivity index (χ1v) is 38.6. The average molecular weight is 1550 g/mol. The van der Waals surface area contributed by atoms with Crippen LogP contribution in [-0.2, 0) is 30.1 Å². The Morgan fingerprint density at radius 3 is 1.09 bits per heavy atom. The van der Waals surface area contributed by atoms with Gasteiger partial charge in [-0.05, 0) is 160 Å². The Kier molecular flexibility index (Phi) is 25.5. The van der Waals surface area contributed by atoms with E-state index in [1.165, 1.54) is 4.90 Å². The summed E-state index contributed by atoms with van der Waals surface area (Å²) in [4.78, 5) is 63.1. The lowest BCUT2D eigenvalue weighted by atomic mass is 9.77. The fourth-order valence-corrected chi connectivity index (χ4v) is 15.8. The number of pyridine rings is 2. The van der Waals surface area contributed by atoms with Gasteiger partial charge < -0.3 is 35.4 Å². The largest absolute Gasteiger partial charge is 0.481 e. The third-order valence-electron chi connectivity index (χ3n) is 20.8. The maximum atomic E-state index is 14.3. The first-order chi connectivity index (χ1) is 56.2. The molecule has 2 saturated heterocycles. The molecule has 0 radical (unpaired) electrons. The highest BCUT2D eigenvalue weighted by molar-refractivity contribution is 6.00. The van der Waals surface area contributed by atoms with Gasteiger partial charge in [0.25, 0.3) is 0 Å². The van der Waals surface area contributed by atoms with E-state index < -0.39 is 59.4 Å². The third-order valence-corrected chi connectivity index (χ3v) is 20.8. The summed E-state index contributed by atoms with van der Waals surface area (Å²) in [6.07, 6.45) is 7.42. The number of rotatable bonds is 15. The number of aromatic nitrogens is 6. The molecule has 0 aliphatic carbocycles. The second kappa shape index (κ2) is 36.6. The number of anilines is 2. The lowest BCUT2D eigenvalue weighted by Gasteiger charge is -2.38. The van der Waals surface area contributed by atoms with Crippen molar-refractivity contribution in [3.05, 3.63) is 373 Å². The predicted octanol–water partition coefficient (Wildman–Crippen LogP) is 20.8. The normalized spacial score (nSPS) is 15.6. The zero-order valence-electron chi connectivity index (χ0n) is 66.4. The van der Waals surface area contributed by atoms with Crippen molar-refractivity contribution in [1.29, 1.82) is 0 Å². The molecule has 17 nitrogen and oxygen atoms in total. The molecule has 10 aromatic carbocycles. The van der Waals surface area contributed by atoms with Crippen LogP contribution in [0.3, 0.4) is 0 Å². The van der Waals surface area contributed by atoms with Crippen LogP contribution in [0.15, 0.2) is 328 Å². The Morgan fingerprint density at radius 2 is 0.750 bits per heavy atom. The number of amides is 3. The summed E-state index contributed by atoms with van der Waals surface area (Å²) in [5.74, 6) is -2.04. The number of nitrogens with two attached hydrogens (primary N) is 1. The van der Waals surface area contributed by atoms with Crippen LogP contribution in [-0.4, -0.2) is 113 Å². The molecule has 116 heavy (non-hydrogen) atoms. The summed E-state index contributed by atoms with van der Waals surface area (Å²) < 4.78 is 31.0. The Hall–Kier alpha value is -13.4. The van der Waals surface area contributed by atoms with Crippen LogP contribution in [0.25, 0.3) is 44.3 Å². The van der Waals surface area contributed by atoms with Crippen LogP contribution in [0.1, 0.15) is 120 Å². The molecule has 2 aliphatic heterocycles. The van der Waals surface area contributed by atoms with Gasteiger partial charge in [-0.1, -0.05) is 250 Å². The number of nitrogens with zero attached hydrogens (tertiary/aromatic N) is 8. The van der Waals surface area contributed by atoms with Crippen molar-refractivity contribution in [3.8, 4) is 22.5 Å². The van der Waals surface area contributed by atoms with Crippen LogP contribution in [0.5, 0.6) is 0 Å². The SMILES string of the molecule is C.CC(C)(C)OC(=O)N1CC(C(=O)Nc2ccc3c(c2)c(-c2ccncc2)nn3C(c2ccccc2)(c2ccccc2)c2ccccc2)CC(c2ccccc2)C1.CC(C)(C)OC(=O)N1CC(C(=O)O)CC(c2ccccc2)C1.Nc1ccc2c(c1)c(-c1ccncc1)nn2C(c1ccccc1)(c1ccccc1)c1ccccc1.[2H]CF. The fourth-order valence-electron chi connectivity index (χ4n) is 15.8. The predicted molar refractivity (Wildman–Crippen MR) is 460 cm³/mol. The van der Waals surface area contributed by atoms with Crippen molar-refractivity contribution in [2.75, 3.05) is 44.4 Å². The molecule has 14 aromatic rings. The molecule has 2 aliphatic rings. The number of ether oxygens (including phenoxy) is 2. The van der Waals surface area contributed by atoms with Gasteiger partial charge in [0.2, 0.25) is 5.91 Å². The topological polar surface area (TPSA) is 213 Å². The lowest BCUT2D eigenvalue weighted by Crippen LogP contribution is -2.48. The standard InChI is InChI=1S/C48H45N5O3.C31H24N4.C17H23NO4.CH3F.CH4/c1-47(2,3)56-46(55)52-32-36(34-16-8-4-9-17-34)30-37(33-52)45(54)50-41-24-25-43-42(31-41)44(35-26-28-49-29-27-35)51-53(43)48(38-18-10-5-11-19-38,39-20-12-6-13-21-39)40-22-14-7-15-23-40;32-27-16-17-29-28(22-27)30(23-18-20-33-21-19-23)34-35(29)31(24-10-4-1-5-11-24,25-12-6-2-7-13-25)26-14-8-3-9-15-26;1-17(2,3)22-16(21)18-10-13(9-14(11-18)15(19)20)12-7-5-4-6-8-12;1-2;/h4-29,31,36-37H,30,32-33H2,1-3H3,(H,50,54);1-22H,32H2;4-8,13-14H,9-11H2,1-3H3,(H,19,20);1H3;1H4/i;;;1D;. The van der Waals surface area contributed by atoms with E-state index in [2.05, 4.69) is 207 Å². The number of halogens is 1. The van der Waals surface area contributed by atoms with Gasteiger partial charge >= 0.3 is 18.2 Å². The number of hydrogen-bond acceptors (Lipinski definition) is 11. The van der Waals surface area contributed by atoms with E-state index in [-0.39, 0.29) is 38.3 Å². The molecule has 4 atom stereocenters. The highest BCUT2D eigenvalue weighted by Crippen LogP contribution is 2.47. The van der Waals surface area contributed by atoms with Crippen molar-refractivity contribution in [1.82, 2.24) is 39.3 Å². The van der Waals surface area contributed by atoms with Crippen LogP contribution < -0.4 is 11.1 Å². The first-order valence-electron chi connectivity index (χ1n) is 39.3. The monoisotopic (exact) mass is 1550 g/mol. The number of likely N-dealkylation sites (tertiary alicyclic amines) is 2. The molecule has 4 unspecified atom stereocenters. The number of benzene rings is 10. The number of carboxylic acids is 1. The Morgan fingerprint density at radius 1 is 0.440 bits per heavy atom. The number of nitrogen functional groups attached to an aromatic ring is 1. The minimum Gasteiger partial charge on any atom is -0.481 e. The quantitative estimate of drug-likeness (QED) is 0.0646. The van der Waals surface area contributed by atoms with Crippen LogP contribution >= 0.6 is 0 Å². The van der Waals surface area contributed by atoms with Crippen molar-refractivity contribution in [3.63, 3.8) is 0 Å². The zero-order valence-corrected chi connectivity index (χ0v) is 65.4. The number of alkyl halides is 1. The third kappa shape index (κ3) is 18.2. The van der Waals surface area contributed by atoms with E-state index in [4.69, 9.17) is 26.8 Å². The number of nitrogens with one attached hydrogen (secondary N) is 1. The summed E-state index contributed by atoms with van der Waals surface area (Å²) in [6.45, 7) is 12.4. The molecule has 4 N–H and O–H groups in total. The van der Waals surface area contributed by atoms with Crippen LogP contribution in [0, 0.1) is 11.8 Å². The molecule has 0 bridgehead atoms. The van der Waals surface area contributed by atoms with Crippen LogP contribution in [0.4, 0.5) is 25.4 Å². The first kappa shape index (κ1) is 80.7. The van der Waals surface area contributed by atoms with Gasteiger partial charge in [0.1, 0.15) is 33.7 Å². The van der Waals surface area contributed by atoms with Crippen molar-refractivity contribution < 1.29 is 39.5 Å². The molecule has 3 amide bonds. The molecule has 18 heteroatoms. The summed E-state index contributed by atoms with van der Waals surface area (Å²) in [5.41, 5.74) is 19.0. The molecule has 0 spiro atoms. The van der Waals surface area contributed by atoms with Gasteiger partial charge in [0, 0.05) is 96.1 Å². The van der Waals surface area contributed by atoms with Gasteiger partial charge in [0.15, 0.2) is 0 Å². The summed E-state index contributed by atoms with van der Waals surface area (Å²) in [5, 5.41) is 25.3. The number of carbonyl (C=O) groups is 4. The van der Waals surface area contributed by atoms with Gasteiger partial charge in [-0.15, -0.1) is 0 Å². The van der Waals surface area contributed by atoms with Gasteiger partial charge in [0.05, 0.1) is 31.4 Å². The van der Waals surface area contributed by atoms with Crippen LogP contribution in [0.2, 0.25) is 0 Å². The van der Waals surface area contributed by atoms with E-state index in [1.807, 2.05) is 142 Å². The number of carboxylic acid groups (broad SMARTS) is 1. The molecule has 6 heterocycles. The van der Waals surface area contributed by atoms with E-state index in [1.54, 1.807) is 50.5 Å². The van der Waals surface area contributed by atoms with Gasteiger partial charge in [-0.2, -0.15) is 10.2 Å². The zero-order chi connectivity index (χ0) is 81.4. The Labute approximate surface area is 679 Å². The number of aliphatic carboxylic acids is 1. The van der Waals surface area contributed by atoms with Crippen molar-refractivity contribution in [2.45, 2.75) is 95.9 Å². The van der Waals surface area contributed by atoms with Crippen molar-refractivity contribution >= 4 is 57.2 Å². The van der Waals surface area contributed by atoms with Crippen molar-refractivity contribution in [2.24, 2.45) is 11.8 Å². The molecular weight excluding hydrogens is 1450 g/mol.